The van der Waals surface area contributed by atoms with E-state index >= 15 is 0 Å². The minimum atomic E-state index is -1.50. The zero-order chi connectivity index (χ0) is 52.1. The number of nitrogens with two attached hydrogens (primary N) is 3. The van der Waals surface area contributed by atoms with E-state index in [0.717, 1.165) is 11.8 Å². The topological polar surface area (TPSA) is 400 Å². The van der Waals surface area contributed by atoms with E-state index in [1.165, 1.54) is 34.5 Å². The van der Waals surface area contributed by atoms with Crippen LogP contribution in [0.3, 0.4) is 0 Å². The van der Waals surface area contributed by atoms with Crippen molar-refractivity contribution in [2.45, 2.75) is 111 Å². The largest absolute Gasteiger partial charge is 0.508 e. The van der Waals surface area contributed by atoms with E-state index in [0.29, 0.717) is 23.2 Å². The summed E-state index contributed by atoms with van der Waals surface area (Å²) in [6, 6.07) is 4.38. The summed E-state index contributed by atoms with van der Waals surface area (Å²) < 4.78 is 0. The average Bonchev–Trinajstić information content (AvgIpc) is 4.11. The van der Waals surface area contributed by atoms with Gasteiger partial charge in [-0.25, -0.2) is 9.78 Å². The Morgan fingerprint density at radius 2 is 1.61 bits per heavy atom. The summed E-state index contributed by atoms with van der Waals surface area (Å²) in [5, 5.41) is 41.6. The van der Waals surface area contributed by atoms with Gasteiger partial charge in [0.1, 0.15) is 48.0 Å². The molecule has 2 aromatic carbocycles. The summed E-state index contributed by atoms with van der Waals surface area (Å²) in [5.41, 5.74) is 18.3. The monoisotopic (exact) mass is 1020 g/mol. The Labute approximate surface area is 416 Å². The Bertz CT molecular complexity index is 2480. The Hall–Kier alpha value is -7.74. The van der Waals surface area contributed by atoms with Crippen LogP contribution in [0.1, 0.15) is 55.3 Å². The molecule has 386 valence electrons. The number of nitrogens with one attached hydrogen (secondary N) is 6. The number of thioether (sulfide) groups is 1. The summed E-state index contributed by atoms with van der Waals surface area (Å²) in [6.45, 7) is 0.198. The number of carbonyl (C=O) groups excluding carboxylic acids is 7. The maximum Gasteiger partial charge on any atom is 0.326 e. The lowest BCUT2D eigenvalue weighted by atomic mass is 10.0. The van der Waals surface area contributed by atoms with Crippen LogP contribution >= 0.6 is 11.8 Å². The SMILES string of the molecule is NC(N)=NCCC[C@H](NC(=O)[C@@H](N)CC(=O)O)C(=O)N[C@H]1C[C@H]2SC[C@@H](C(=O)N[C@@H](Cc3cnc[nH]3)C(=O)N3CCC[C@H]3C(=O)N[C@@H](Cc3ccccc3)C(=O)O)NC(=O)[C@H](Cc3ccc(O)cc3)N2C1=O. The molecule has 7 amide bonds. The fraction of sp³-hybridized carbons (Fsp3) is 0.457. The third-order valence-electron chi connectivity index (χ3n) is 12.3. The lowest BCUT2D eigenvalue weighted by Gasteiger charge is -2.36. The first-order valence-electron chi connectivity index (χ1n) is 23.2. The van der Waals surface area contributed by atoms with Gasteiger partial charge in [0.15, 0.2) is 5.96 Å². The smallest absolute Gasteiger partial charge is 0.326 e. The highest BCUT2D eigenvalue weighted by Gasteiger charge is 2.49. The number of aromatic nitrogens is 2. The number of amides is 7. The van der Waals surface area contributed by atoms with Crippen molar-refractivity contribution in [2.24, 2.45) is 22.2 Å². The fourth-order valence-electron chi connectivity index (χ4n) is 8.71. The number of rotatable bonds is 22. The molecule has 0 saturated carbocycles. The second kappa shape index (κ2) is 24.9. The lowest BCUT2D eigenvalue weighted by Crippen LogP contribution is -2.62. The first-order chi connectivity index (χ1) is 34.4. The van der Waals surface area contributed by atoms with Crippen LogP contribution in [-0.2, 0) is 62.4 Å². The number of aliphatic carboxylic acids is 2. The van der Waals surface area contributed by atoms with Crippen LogP contribution in [0.2, 0.25) is 0 Å². The molecule has 0 aliphatic carbocycles. The number of phenolic OH excluding ortho intramolecular Hbond substituents is 1. The number of carboxylic acid groups (broad SMARTS) is 2. The van der Waals surface area contributed by atoms with E-state index in [2.05, 4.69) is 41.5 Å². The maximum absolute atomic E-state index is 14.5. The second-order valence-electron chi connectivity index (χ2n) is 17.6. The van der Waals surface area contributed by atoms with Crippen molar-refractivity contribution < 1.29 is 58.5 Å². The standard InChI is InChI=1S/C46H59N13O12S/c47-28(19-37(61)62)38(63)53-29(8-4-14-51-46(48)49)39(64)55-31-20-36-59(44(31)69)35(17-25-10-12-27(60)13-11-25)42(67)57-33(22-72-36)40(65)54-30(18-26-21-50-23-52-26)43(68)58-15-5-9-34(58)41(66)56-32(45(70)71)16-24-6-2-1-3-7-24/h1-3,6-7,10-13,21,23,28-36,60H,4-5,8-9,14-20,22,47H2,(H,50,52)(H,53,63)(H,54,65)(H,55,64)(H,56,66)(H,57,67)(H,61,62)(H,70,71)(H4,48,49,51)/t28-,29-,30-,31-,32-,33-,34-,35-,36+/m0/s1. The molecule has 25 nitrogen and oxygen atoms in total. The van der Waals surface area contributed by atoms with Crippen molar-refractivity contribution in [1.82, 2.24) is 46.4 Å². The number of likely N-dealkylation sites (tertiary alicyclic amines) is 1. The van der Waals surface area contributed by atoms with Crippen LogP contribution in [0.25, 0.3) is 0 Å². The van der Waals surface area contributed by atoms with Gasteiger partial charge in [0.05, 0.1) is 24.2 Å². The predicted molar refractivity (Wildman–Crippen MR) is 258 cm³/mol. The molecule has 3 aliphatic rings. The Balaban J connectivity index is 1.21. The van der Waals surface area contributed by atoms with Gasteiger partial charge >= 0.3 is 11.9 Å². The molecule has 26 heteroatoms. The van der Waals surface area contributed by atoms with Gasteiger partial charge in [0.2, 0.25) is 41.4 Å². The zero-order valence-corrected chi connectivity index (χ0v) is 39.8. The summed E-state index contributed by atoms with van der Waals surface area (Å²) in [5.74, 6) is -8.22. The number of H-pyrrole nitrogens is 1. The van der Waals surface area contributed by atoms with Crippen molar-refractivity contribution in [3.05, 3.63) is 83.9 Å². The Kier molecular flexibility index (Phi) is 18.5. The molecule has 3 aromatic rings. The first-order valence-corrected chi connectivity index (χ1v) is 24.2. The number of aliphatic imine (C=N–C) groups is 1. The van der Waals surface area contributed by atoms with E-state index in [1.54, 1.807) is 42.5 Å². The van der Waals surface area contributed by atoms with Crippen molar-refractivity contribution in [1.29, 1.82) is 0 Å². The van der Waals surface area contributed by atoms with Gasteiger partial charge in [-0.2, -0.15) is 0 Å². The minimum absolute atomic E-state index is 0.000132. The highest BCUT2D eigenvalue weighted by molar-refractivity contribution is 8.00. The normalized spacial score (nSPS) is 21.3. The number of fused-ring (bicyclic) bond motifs is 1. The number of imidazole rings is 1. The molecule has 15 N–H and O–H groups in total. The van der Waals surface area contributed by atoms with Gasteiger partial charge in [-0.3, -0.25) is 43.3 Å². The number of aromatic amines is 1. The molecular weight excluding hydrogens is 959 g/mol. The molecule has 0 bridgehead atoms. The Morgan fingerprint density at radius 1 is 0.889 bits per heavy atom. The molecule has 6 rings (SSSR count). The lowest BCUT2D eigenvalue weighted by molar-refractivity contribution is -0.145. The number of carbonyl (C=O) groups is 9. The van der Waals surface area contributed by atoms with E-state index < -0.39 is 113 Å². The highest BCUT2D eigenvalue weighted by Crippen LogP contribution is 2.34. The van der Waals surface area contributed by atoms with Crippen molar-refractivity contribution in [3.8, 4) is 5.75 Å². The molecule has 3 aliphatic heterocycles. The number of phenols is 1. The number of nitrogens with zero attached hydrogens (tertiary/aromatic N) is 4. The van der Waals surface area contributed by atoms with Gasteiger partial charge in [-0.05, 0) is 48.9 Å². The van der Waals surface area contributed by atoms with Crippen LogP contribution in [-0.4, -0.2) is 167 Å². The first kappa shape index (κ1) is 53.6. The van der Waals surface area contributed by atoms with Crippen molar-refractivity contribution in [2.75, 3.05) is 18.8 Å². The number of carboxylic acids is 2. The molecular formula is C46H59N13O12S. The van der Waals surface area contributed by atoms with E-state index in [9.17, 15) is 53.4 Å². The van der Waals surface area contributed by atoms with Crippen LogP contribution < -0.4 is 43.8 Å². The third kappa shape index (κ3) is 14.4. The number of aromatic hydroxyl groups is 1. The van der Waals surface area contributed by atoms with Gasteiger partial charge in [0, 0.05) is 56.4 Å². The molecule has 0 unspecified atom stereocenters. The zero-order valence-electron chi connectivity index (χ0n) is 39.0. The molecule has 0 spiro atoms. The van der Waals surface area contributed by atoms with Crippen LogP contribution in [0.4, 0.5) is 0 Å². The quantitative estimate of drug-likeness (QED) is 0.0274. The van der Waals surface area contributed by atoms with Crippen molar-refractivity contribution in [3.63, 3.8) is 0 Å². The molecule has 72 heavy (non-hydrogen) atoms. The molecule has 3 fully saturated rings. The number of hydrogen-bond donors (Lipinski definition) is 12. The second-order valence-corrected chi connectivity index (χ2v) is 18.8. The molecule has 3 saturated heterocycles. The number of hydrogen-bond acceptors (Lipinski definition) is 14. The van der Waals surface area contributed by atoms with Gasteiger partial charge in [0.25, 0.3) is 0 Å². The Morgan fingerprint density at radius 3 is 2.28 bits per heavy atom. The van der Waals surface area contributed by atoms with E-state index in [-0.39, 0.29) is 75.5 Å². The molecule has 1 aromatic heterocycles. The summed E-state index contributed by atoms with van der Waals surface area (Å²) in [6.07, 6.45) is 2.63. The molecule has 9 atom stereocenters. The van der Waals surface area contributed by atoms with E-state index in [1.807, 2.05) is 0 Å². The summed E-state index contributed by atoms with van der Waals surface area (Å²) >= 11 is 1.13. The van der Waals surface area contributed by atoms with Gasteiger partial charge in [-0.1, -0.05) is 42.5 Å². The summed E-state index contributed by atoms with van der Waals surface area (Å²) in [4.78, 5) is 135. The maximum atomic E-state index is 14.5. The molecule has 0 radical (unpaired) electrons. The average molecular weight is 1020 g/mol. The minimum Gasteiger partial charge on any atom is -0.508 e. The number of benzene rings is 2. The molecule has 4 heterocycles. The van der Waals surface area contributed by atoms with Gasteiger partial charge in [-0.15, -0.1) is 11.8 Å². The van der Waals surface area contributed by atoms with Gasteiger partial charge < -0.3 is 73.9 Å². The van der Waals surface area contributed by atoms with Crippen LogP contribution in [0, 0.1) is 0 Å². The fourth-order valence-corrected chi connectivity index (χ4v) is 10.1. The van der Waals surface area contributed by atoms with Crippen molar-refractivity contribution >= 4 is 71.0 Å². The third-order valence-corrected chi connectivity index (χ3v) is 13.7. The van der Waals surface area contributed by atoms with E-state index in [4.69, 9.17) is 22.3 Å². The summed E-state index contributed by atoms with van der Waals surface area (Å²) in [7, 11) is 0. The predicted octanol–water partition coefficient (Wildman–Crippen LogP) is -2.83. The highest BCUT2D eigenvalue weighted by atomic mass is 32.2. The van der Waals surface area contributed by atoms with Crippen LogP contribution in [0.15, 0.2) is 72.1 Å². The van der Waals surface area contributed by atoms with Crippen LogP contribution in [0.5, 0.6) is 5.75 Å². The number of guanidine groups is 1.